The smallest absolute Gasteiger partial charge is 0.262 e. The van der Waals surface area contributed by atoms with Crippen LogP contribution in [-0.2, 0) is 4.79 Å². The lowest BCUT2D eigenvalue weighted by Crippen LogP contribution is -2.20. The van der Waals surface area contributed by atoms with Gasteiger partial charge < -0.3 is 19.2 Å². The summed E-state index contributed by atoms with van der Waals surface area (Å²) >= 11 is 0. The Labute approximate surface area is 173 Å². The van der Waals surface area contributed by atoms with Gasteiger partial charge in [0.2, 0.25) is 0 Å². The zero-order valence-electron chi connectivity index (χ0n) is 16.3. The number of rotatable bonds is 7. The van der Waals surface area contributed by atoms with Crippen LogP contribution in [0.1, 0.15) is 15.9 Å². The zero-order chi connectivity index (χ0) is 20.9. The van der Waals surface area contributed by atoms with Crippen LogP contribution in [0.4, 0.5) is 5.69 Å². The molecule has 4 rings (SSSR count). The molecule has 150 valence electrons. The molecule has 4 aromatic rings. The number of methoxy groups -OCH3 is 1. The van der Waals surface area contributed by atoms with Gasteiger partial charge in [-0.05, 0) is 30.3 Å². The molecule has 0 unspecified atom stereocenters. The van der Waals surface area contributed by atoms with E-state index in [-0.39, 0.29) is 18.3 Å². The number of carbonyl (C=O) groups is 2. The van der Waals surface area contributed by atoms with Crippen molar-refractivity contribution in [2.75, 3.05) is 19.0 Å². The second-order valence-corrected chi connectivity index (χ2v) is 6.57. The summed E-state index contributed by atoms with van der Waals surface area (Å²) in [5.74, 6) is 0.667. The van der Waals surface area contributed by atoms with E-state index in [1.54, 1.807) is 61.7 Å². The number of carbonyl (C=O) groups excluding carboxylic acids is 2. The van der Waals surface area contributed by atoms with Crippen molar-refractivity contribution in [2.24, 2.45) is 0 Å². The minimum atomic E-state index is -0.309. The van der Waals surface area contributed by atoms with E-state index in [1.165, 1.54) is 6.26 Å². The van der Waals surface area contributed by atoms with Crippen LogP contribution in [0.5, 0.6) is 11.5 Å². The Kier molecular flexibility index (Phi) is 5.48. The number of ether oxygens (including phenoxy) is 2. The fraction of sp³-hybridized carbons (Fsp3) is 0.0833. The van der Waals surface area contributed by atoms with Crippen LogP contribution in [0.3, 0.4) is 0 Å². The molecule has 3 aromatic carbocycles. The molecule has 1 amide bonds. The highest BCUT2D eigenvalue weighted by Crippen LogP contribution is 2.27. The summed E-state index contributed by atoms with van der Waals surface area (Å²) < 4.78 is 16.3. The summed E-state index contributed by atoms with van der Waals surface area (Å²) in [5.41, 5.74) is 2.21. The number of ketones is 1. The van der Waals surface area contributed by atoms with Crippen molar-refractivity contribution in [2.45, 2.75) is 0 Å². The fourth-order valence-electron chi connectivity index (χ4n) is 3.07. The number of furan rings is 1. The third-order valence-electron chi connectivity index (χ3n) is 4.55. The van der Waals surface area contributed by atoms with Crippen LogP contribution in [-0.4, -0.2) is 25.4 Å². The van der Waals surface area contributed by atoms with Gasteiger partial charge in [0, 0.05) is 22.7 Å². The molecule has 1 heterocycles. The first-order chi connectivity index (χ1) is 14.6. The molecule has 1 aromatic heterocycles. The molecular formula is C24H19NO5. The van der Waals surface area contributed by atoms with Gasteiger partial charge in [0.15, 0.2) is 12.4 Å². The Bertz CT molecular complexity index is 1200. The van der Waals surface area contributed by atoms with Crippen LogP contribution in [0, 0.1) is 0 Å². The van der Waals surface area contributed by atoms with Gasteiger partial charge in [-0.1, -0.05) is 36.4 Å². The van der Waals surface area contributed by atoms with Gasteiger partial charge in [0.25, 0.3) is 5.91 Å². The van der Waals surface area contributed by atoms with Crippen molar-refractivity contribution in [3.63, 3.8) is 0 Å². The van der Waals surface area contributed by atoms with E-state index < -0.39 is 0 Å². The molecule has 0 aliphatic heterocycles. The number of hydrogen-bond donors (Lipinski definition) is 1. The third-order valence-corrected chi connectivity index (χ3v) is 4.55. The Morgan fingerprint density at radius 1 is 0.933 bits per heavy atom. The molecule has 0 radical (unpaired) electrons. The molecule has 0 bridgehead atoms. The number of fused-ring (bicyclic) bond motifs is 1. The predicted molar refractivity (Wildman–Crippen MR) is 113 cm³/mol. The zero-order valence-corrected chi connectivity index (χ0v) is 16.3. The van der Waals surface area contributed by atoms with Crippen LogP contribution in [0.25, 0.3) is 11.0 Å². The van der Waals surface area contributed by atoms with Crippen molar-refractivity contribution in [1.29, 1.82) is 0 Å². The molecule has 0 aliphatic carbocycles. The topological polar surface area (TPSA) is 77.8 Å². The van der Waals surface area contributed by atoms with Gasteiger partial charge in [0.05, 0.1) is 12.7 Å². The van der Waals surface area contributed by atoms with Gasteiger partial charge in [0.1, 0.15) is 23.3 Å². The summed E-state index contributed by atoms with van der Waals surface area (Å²) in [7, 11) is 1.56. The molecule has 1 N–H and O–H groups in total. The number of hydrogen-bond acceptors (Lipinski definition) is 5. The molecule has 0 saturated heterocycles. The minimum absolute atomic E-state index is 0.137. The van der Waals surface area contributed by atoms with Gasteiger partial charge in [-0.25, -0.2) is 0 Å². The summed E-state index contributed by atoms with van der Waals surface area (Å²) in [6.07, 6.45) is 1.44. The molecule has 0 atom stereocenters. The molecular weight excluding hydrogens is 382 g/mol. The maximum atomic E-state index is 12.8. The second-order valence-electron chi connectivity index (χ2n) is 6.57. The highest BCUT2D eigenvalue weighted by atomic mass is 16.5. The van der Waals surface area contributed by atoms with E-state index in [9.17, 15) is 9.59 Å². The van der Waals surface area contributed by atoms with Gasteiger partial charge in [-0.15, -0.1) is 0 Å². The second kappa shape index (κ2) is 8.53. The van der Waals surface area contributed by atoms with Crippen LogP contribution >= 0.6 is 0 Å². The summed E-state index contributed by atoms with van der Waals surface area (Å²) in [4.78, 5) is 25.0. The quantitative estimate of drug-likeness (QED) is 0.455. The lowest BCUT2D eigenvalue weighted by atomic mass is 10.0. The molecule has 0 saturated carbocycles. The van der Waals surface area contributed by atoms with Crippen molar-refractivity contribution in [3.8, 4) is 11.5 Å². The Balaban J connectivity index is 1.47. The fourth-order valence-corrected chi connectivity index (χ4v) is 3.07. The van der Waals surface area contributed by atoms with Crippen molar-refractivity contribution < 1.29 is 23.5 Å². The van der Waals surface area contributed by atoms with E-state index in [0.717, 1.165) is 0 Å². The molecule has 0 fully saturated rings. The van der Waals surface area contributed by atoms with E-state index in [4.69, 9.17) is 13.9 Å². The summed E-state index contributed by atoms with van der Waals surface area (Å²) in [6.45, 7) is -0.178. The van der Waals surface area contributed by atoms with E-state index >= 15 is 0 Å². The Morgan fingerprint density at radius 2 is 1.77 bits per heavy atom. The van der Waals surface area contributed by atoms with Crippen LogP contribution < -0.4 is 14.8 Å². The average Bonchev–Trinajstić information content (AvgIpc) is 3.21. The SMILES string of the molecule is COc1cccc(NC(=O)COc2ccc3occ(C(=O)c4ccccc4)c3c2)c1. The molecule has 6 nitrogen and oxygen atoms in total. The van der Waals surface area contributed by atoms with Gasteiger partial charge >= 0.3 is 0 Å². The highest BCUT2D eigenvalue weighted by Gasteiger charge is 2.16. The predicted octanol–water partition coefficient (Wildman–Crippen LogP) is 4.69. The molecule has 0 aliphatic rings. The monoisotopic (exact) mass is 401 g/mol. The van der Waals surface area contributed by atoms with Crippen LogP contribution in [0.15, 0.2) is 83.5 Å². The first-order valence-corrected chi connectivity index (χ1v) is 9.32. The van der Waals surface area contributed by atoms with Crippen molar-refractivity contribution >= 4 is 28.3 Å². The number of benzene rings is 3. The average molecular weight is 401 g/mol. The molecule has 30 heavy (non-hydrogen) atoms. The first kappa shape index (κ1) is 19.3. The maximum Gasteiger partial charge on any atom is 0.262 e. The minimum Gasteiger partial charge on any atom is -0.497 e. The Hall–Kier alpha value is -4.06. The normalized spacial score (nSPS) is 10.6. The Morgan fingerprint density at radius 3 is 2.57 bits per heavy atom. The van der Waals surface area contributed by atoms with E-state index in [1.807, 2.05) is 18.2 Å². The van der Waals surface area contributed by atoms with Crippen molar-refractivity contribution in [3.05, 3.63) is 90.2 Å². The third kappa shape index (κ3) is 4.17. The lowest BCUT2D eigenvalue weighted by Gasteiger charge is -2.09. The summed E-state index contributed by atoms with van der Waals surface area (Å²) in [6, 6.07) is 21.2. The van der Waals surface area contributed by atoms with Crippen LogP contribution in [0.2, 0.25) is 0 Å². The number of nitrogens with one attached hydrogen (secondary N) is 1. The lowest BCUT2D eigenvalue weighted by molar-refractivity contribution is -0.118. The van der Waals surface area contributed by atoms with Crippen molar-refractivity contribution in [1.82, 2.24) is 0 Å². The first-order valence-electron chi connectivity index (χ1n) is 9.32. The number of anilines is 1. The number of amides is 1. The van der Waals surface area contributed by atoms with E-state index in [0.29, 0.717) is 39.3 Å². The standard InChI is InChI=1S/C24H19NO5/c1-28-18-9-5-8-17(12-18)25-23(26)15-29-19-10-11-22-20(13-19)21(14-30-22)24(27)16-6-3-2-4-7-16/h2-14H,15H2,1H3,(H,25,26). The van der Waals surface area contributed by atoms with Gasteiger partial charge in [-0.2, -0.15) is 0 Å². The molecule has 6 heteroatoms. The highest BCUT2D eigenvalue weighted by molar-refractivity contribution is 6.16. The van der Waals surface area contributed by atoms with E-state index in [2.05, 4.69) is 5.32 Å². The maximum absolute atomic E-state index is 12.8. The molecule has 0 spiro atoms. The largest absolute Gasteiger partial charge is 0.497 e. The van der Waals surface area contributed by atoms with Gasteiger partial charge in [-0.3, -0.25) is 9.59 Å². The summed E-state index contributed by atoms with van der Waals surface area (Å²) in [5, 5.41) is 3.39.